The van der Waals surface area contributed by atoms with Crippen LogP contribution < -0.4 is 4.74 Å². The van der Waals surface area contributed by atoms with Gasteiger partial charge in [-0.25, -0.2) is 4.39 Å². The molecule has 4 rings (SSSR count). The Balaban J connectivity index is 1.71. The van der Waals surface area contributed by atoms with E-state index >= 15 is 0 Å². The van der Waals surface area contributed by atoms with Gasteiger partial charge in [-0.15, -0.1) is 15.3 Å². The topological polar surface area (TPSA) is 52.3 Å². The van der Waals surface area contributed by atoms with Crippen molar-refractivity contribution in [2.24, 2.45) is 5.10 Å². The van der Waals surface area contributed by atoms with E-state index in [9.17, 15) is 4.39 Å². The number of hydrogen-bond acceptors (Lipinski definition) is 4. The molecule has 0 bridgehead atoms. The molecule has 2 heterocycles. The number of hydrogen-bond donors (Lipinski definition) is 0. The summed E-state index contributed by atoms with van der Waals surface area (Å²) in [6.45, 7) is 2.00. The van der Waals surface area contributed by atoms with Crippen LogP contribution in [0.3, 0.4) is 0 Å². The van der Waals surface area contributed by atoms with Gasteiger partial charge < -0.3 is 4.74 Å². The largest absolute Gasteiger partial charge is 0.441 e. The monoisotopic (exact) mass is 356 g/mol. The Labute approximate surface area is 148 Å². The zero-order valence-electron chi connectivity index (χ0n) is 13.4. The molecule has 0 saturated carbocycles. The molecule has 1 aliphatic rings. The maximum atomic E-state index is 13.8. The van der Waals surface area contributed by atoms with Crippen molar-refractivity contribution in [1.29, 1.82) is 0 Å². The average molecular weight is 357 g/mol. The molecule has 0 N–H and O–H groups in total. The zero-order chi connectivity index (χ0) is 17.4. The van der Waals surface area contributed by atoms with Crippen LogP contribution in [0.1, 0.15) is 17.8 Å². The highest BCUT2D eigenvalue weighted by Crippen LogP contribution is 2.32. The van der Waals surface area contributed by atoms with Crippen molar-refractivity contribution in [3.8, 4) is 16.9 Å². The first kappa shape index (κ1) is 15.8. The normalized spacial score (nSPS) is 13.3. The summed E-state index contributed by atoms with van der Waals surface area (Å²) in [6, 6.07) is 12.3. The smallest absolute Gasteiger partial charge is 0.246 e. The van der Waals surface area contributed by atoms with E-state index in [-0.39, 0.29) is 11.1 Å². The summed E-state index contributed by atoms with van der Waals surface area (Å²) in [6.07, 6.45) is 1.19. The van der Waals surface area contributed by atoms with Gasteiger partial charge >= 0.3 is 0 Å². The highest BCUT2D eigenvalue weighted by molar-refractivity contribution is 6.28. The molecule has 25 heavy (non-hydrogen) atoms. The van der Waals surface area contributed by atoms with E-state index in [0.717, 1.165) is 11.1 Å². The van der Waals surface area contributed by atoms with Crippen molar-refractivity contribution in [1.82, 2.24) is 14.9 Å². The number of halogens is 2. The lowest BCUT2D eigenvalue weighted by atomic mass is 10.0. The van der Waals surface area contributed by atoms with Crippen LogP contribution in [0.25, 0.3) is 11.1 Å². The van der Waals surface area contributed by atoms with Gasteiger partial charge in [-0.1, -0.05) is 29.8 Å². The van der Waals surface area contributed by atoms with Crippen LogP contribution in [-0.4, -0.2) is 20.8 Å². The van der Waals surface area contributed by atoms with E-state index in [1.807, 2.05) is 31.2 Å². The van der Waals surface area contributed by atoms with Crippen molar-refractivity contribution in [2.75, 3.05) is 0 Å². The van der Waals surface area contributed by atoms with Crippen LogP contribution in [0.2, 0.25) is 5.28 Å². The molecule has 0 atom stereocenters. The van der Waals surface area contributed by atoms with Crippen molar-refractivity contribution in [3.05, 3.63) is 65.0 Å². The number of aryl methyl sites for hydroxylation is 2. The van der Waals surface area contributed by atoms with Crippen molar-refractivity contribution < 1.29 is 9.13 Å². The van der Waals surface area contributed by atoms with Gasteiger partial charge in [-0.3, -0.25) is 0 Å². The lowest BCUT2D eigenvalue weighted by Crippen LogP contribution is -2.19. The van der Waals surface area contributed by atoms with Gasteiger partial charge in [0.2, 0.25) is 11.2 Å². The molecule has 0 amide bonds. The quantitative estimate of drug-likeness (QED) is 0.690. The first-order valence-corrected chi connectivity index (χ1v) is 8.20. The maximum Gasteiger partial charge on any atom is 0.246 e. The lowest BCUT2D eigenvalue weighted by Gasteiger charge is -2.16. The Morgan fingerprint density at radius 1 is 1.08 bits per heavy atom. The van der Waals surface area contributed by atoms with Gasteiger partial charge in [-0.05, 0) is 42.3 Å². The fourth-order valence-electron chi connectivity index (χ4n) is 2.67. The van der Waals surface area contributed by atoms with Crippen LogP contribution in [0.15, 0.2) is 47.6 Å². The van der Waals surface area contributed by atoms with E-state index in [1.165, 1.54) is 16.8 Å². The lowest BCUT2D eigenvalue weighted by molar-refractivity contribution is 0.504. The minimum absolute atomic E-state index is 0.189. The van der Waals surface area contributed by atoms with E-state index in [1.54, 1.807) is 6.07 Å². The van der Waals surface area contributed by atoms with Gasteiger partial charge in [0.15, 0.2) is 5.82 Å². The third kappa shape index (κ3) is 3.13. The molecule has 0 spiro atoms. The van der Waals surface area contributed by atoms with Crippen molar-refractivity contribution >= 4 is 17.5 Å². The number of ether oxygens (including phenoxy) is 1. The van der Waals surface area contributed by atoms with Gasteiger partial charge in [-0.2, -0.15) is 4.68 Å². The van der Waals surface area contributed by atoms with Gasteiger partial charge in [0.05, 0.1) is 0 Å². The summed E-state index contributed by atoms with van der Waals surface area (Å²) in [5, 5.41) is 12.3. The predicted molar refractivity (Wildman–Crippen MR) is 93.4 cm³/mol. The van der Waals surface area contributed by atoms with Crippen LogP contribution in [-0.2, 0) is 6.42 Å². The Morgan fingerprint density at radius 2 is 1.88 bits per heavy atom. The molecule has 2 aromatic carbocycles. The fraction of sp³-hybridized carbons (Fsp3) is 0.167. The molecule has 0 fully saturated rings. The Morgan fingerprint density at radius 3 is 2.68 bits per heavy atom. The van der Waals surface area contributed by atoms with Crippen molar-refractivity contribution in [2.45, 2.75) is 19.8 Å². The maximum absolute atomic E-state index is 13.8. The molecule has 0 radical (unpaired) electrons. The zero-order valence-corrected chi connectivity index (χ0v) is 14.2. The summed E-state index contributed by atoms with van der Waals surface area (Å²) >= 11 is 5.97. The van der Waals surface area contributed by atoms with Crippen LogP contribution in [0.5, 0.6) is 5.75 Å². The molecule has 1 aliphatic heterocycles. The first-order valence-electron chi connectivity index (χ1n) is 7.82. The van der Waals surface area contributed by atoms with Crippen LogP contribution in [0, 0.1) is 12.7 Å². The number of fused-ring (bicyclic) bond motifs is 1. The molecular formula is C18H14ClFN4O. The molecular weight excluding hydrogens is 343 g/mol. The van der Waals surface area contributed by atoms with E-state index < -0.39 is 0 Å². The number of aromatic nitrogens is 3. The molecule has 1 aromatic heterocycles. The van der Waals surface area contributed by atoms with Crippen molar-refractivity contribution in [3.63, 3.8) is 0 Å². The SMILES string of the molecule is Cc1ccc(-c2cc(F)ccc2OC2=Nn3c(Cl)nnc3CC2)cc1. The second kappa shape index (κ2) is 6.29. The van der Waals surface area contributed by atoms with Crippen LogP contribution >= 0.6 is 11.6 Å². The van der Waals surface area contributed by atoms with E-state index in [2.05, 4.69) is 15.3 Å². The van der Waals surface area contributed by atoms with Gasteiger partial charge in [0, 0.05) is 18.4 Å². The molecule has 0 aliphatic carbocycles. The molecule has 5 nitrogen and oxygen atoms in total. The second-order valence-corrected chi connectivity index (χ2v) is 6.14. The van der Waals surface area contributed by atoms with E-state index in [0.29, 0.717) is 35.9 Å². The van der Waals surface area contributed by atoms with E-state index in [4.69, 9.17) is 16.3 Å². The summed E-state index contributed by atoms with van der Waals surface area (Å²) in [5.41, 5.74) is 2.68. The molecule has 7 heteroatoms. The number of benzene rings is 2. The number of nitrogens with zero attached hydrogens (tertiary/aromatic N) is 4. The average Bonchev–Trinajstić information content (AvgIpc) is 2.98. The Hall–Kier alpha value is -2.73. The summed E-state index contributed by atoms with van der Waals surface area (Å²) in [7, 11) is 0. The molecule has 3 aromatic rings. The summed E-state index contributed by atoms with van der Waals surface area (Å²) in [4.78, 5) is 0. The summed E-state index contributed by atoms with van der Waals surface area (Å²) < 4.78 is 21.2. The fourth-order valence-corrected chi connectivity index (χ4v) is 2.85. The standard InChI is InChI=1S/C18H14ClFN4O/c1-11-2-4-12(5-3-11)14-10-13(20)6-7-15(14)25-17-9-8-16-21-22-18(19)24(16)23-17/h2-7,10H,8-9H2,1H3. The highest BCUT2D eigenvalue weighted by Gasteiger charge is 2.19. The molecule has 0 saturated heterocycles. The second-order valence-electron chi connectivity index (χ2n) is 5.80. The minimum atomic E-state index is -0.322. The number of rotatable bonds is 2. The van der Waals surface area contributed by atoms with Gasteiger partial charge in [0.25, 0.3) is 0 Å². The van der Waals surface area contributed by atoms with Gasteiger partial charge in [0.1, 0.15) is 11.6 Å². The third-order valence-corrected chi connectivity index (χ3v) is 4.21. The summed E-state index contributed by atoms with van der Waals surface area (Å²) in [5.74, 6) is 1.39. The Bertz CT molecular complexity index is 966. The third-order valence-electron chi connectivity index (χ3n) is 3.97. The Kier molecular flexibility index (Phi) is 3.97. The first-order chi connectivity index (χ1) is 12.1. The van der Waals surface area contributed by atoms with Crippen LogP contribution in [0.4, 0.5) is 4.39 Å². The minimum Gasteiger partial charge on any atom is -0.441 e. The predicted octanol–water partition coefficient (Wildman–Crippen LogP) is 4.23. The molecule has 0 unspecified atom stereocenters. The highest BCUT2D eigenvalue weighted by atomic mass is 35.5. The molecule has 126 valence electrons.